The molecular formula is C7H11NO2. The maximum Gasteiger partial charge on any atom is 0.125 e. The summed E-state index contributed by atoms with van der Waals surface area (Å²) in [6.45, 7) is 1.60. The number of rotatable bonds is 2. The molecule has 1 rings (SSSR count). The molecule has 0 fully saturated rings. The van der Waals surface area contributed by atoms with Gasteiger partial charge in [-0.3, -0.25) is 0 Å². The molecule has 1 heterocycles. The predicted molar refractivity (Wildman–Crippen MR) is 37.3 cm³/mol. The zero-order chi connectivity index (χ0) is 7.61. The van der Waals surface area contributed by atoms with Gasteiger partial charge in [-0.05, 0) is 19.1 Å². The monoisotopic (exact) mass is 141 g/mol. The molecule has 0 aliphatic heterocycles. The second-order valence-electron chi connectivity index (χ2n) is 2.55. The molecule has 0 aliphatic rings. The van der Waals surface area contributed by atoms with Crippen LogP contribution in [0, 0.1) is 0 Å². The van der Waals surface area contributed by atoms with Gasteiger partial charge in [-0.2, -0.15) is 0 Å². The quantitative estimate of drug-likeness (QED) is 0.628. The summed E-state index contributed by atoms with van der Waals surface area (Å²) in [5.74, 6) is 0.606. The van der Waals surface area contributed by atoms with E-state index in [0.29, 0.717) is 5.76 Å². The highest BCUT2D eigenvalue weighted by molar-refractivity contribution is 5.09. The first-order chi connectivity index (χ1) is 4.67. The molecule has 0 amide bonds. The third-order valence-corrected chi connectivity index (χ3v) is 1.41. The van der Waals surface area contributed by atoms with E-state index in [-0.39, 0.29) is 6.61 Å². The Balaban J connectivity index is 2.85. The van der Waals surface area contributed by atoms with Gasteiger partial charge in [0, 0.05) is 0 Å². The van der Waals surface area contributed by atoms with Gasteiger partial charge in [0.15, 0.2) is 0 Å². The van der Waals surface area contributed by atoms with Crippen molar-refractivity contribution < 1.29 is 9.52 Å². The van der Waals surface area contributed by atoms with Crippen LogP contribution in [0.1, 0.15) is 12.7 Å². The topological polar surface area (TPSA) is 59.4 Å². The smallest absolute Gasteiger partial charge is 0.125 e. The Hall–Kier alpha value is -0.800. The summed E-state index contributed by atoms with van der Waals surface area (Å²) in [6, 6.07) is 3.49. The maximum absolute atomic E-state index is 8.78. The number of furan rings is 1. The fourth-order valence-electron chi connectivity index (χ4n) is 0.681. The fraction of sp³-hybridized carbons (Fsp3) is 0.429. The van der Waals surface area contributed by atoms with E-state index in [4.69, 9.17) is 15.3 Å². The summed E-state index contributed by atoms with van der Waals surface area (Å²) in [5.41, 5.74) is 4.89. The molecule has 3 nitrogen and oxygen atoms in total. The second kappa shape index (κ2) is 2.44. The summed E-state index contributed by atoms with van der Waals surface area (Å²) in [6.07, 6.45) is 1.54. The Labute approximate surface area is 59.5 Å². The Kier molecular flexibility index (Phi) is 1.78. The summed E-state index contributed by atoms with van der Waals surface area (Å²) in [5, 5.41) is 8.78. The van der Waals surface area contributed by atoms with Crippen LogP contribution in [0.4, 0.5) is 0 Å². The minimum absolute atomic E-state index is 0.111. The van der Waals surface area contributed by atoms with Gasteiger partial charge >= 0.3 is 0 Å². The van der Waals surface area contributed by atoms with Gasteiger partial charge in [-0.15, -0.1) is 0 Å². The third kappa shape index (κ3) is 1.20. The number of hydrogen-bond donors (Lipinski definition) is 2. The molecule has 0 aromatic carbocycles. The van der Waals surface area contributed by atoms with Crippen LogP contribution in [-0.2, 0) is 5.54 Å². The van der Waals surface area contributed by atoms with E-state index >= 15 is 0 Å². The normalized spacial score (nSPS) is 16.7. The summed E-state index contributed by atoms with van der Waals surface area (Å²) in [4.78, 5) is 0. The second-order valence-corrected chi connectivity index (χ2v) is 2.55. The Morgan fingerprint density at radius 3 is 2.90 bits per heavy atom. The molecule has 1 aromatic rings. The number of aliphatic hydroxyl groups is 1. The molecule has 0 saturated carbocycles. The summed E-state index contributed by atoms with van der Waals surface area (Å²) < 4.78 is 5.00. The van der Waals surface area contributed by atoms with Crippen LogP contribution in [0.25, 0.3) is 0 Å². The van der Waals surface area contributed by atoms with Crippen molar-refractivity contribution in [1.29, 1.82) is 0 Å². The van der Waals surface area contributed by atoms with E-state index < -0.39 is 5.54 Å². The summed E-state index contributed by atoms with van der Waals surface area (Å²) >= 11 is 0. The average molecular weight is 141 g/mol. The van der Waals surface area contributed by atoms with E-state index in [1.807, 2.05) is 0 Å². The van der Waals surface area contributed by atoms with Crippen molar-refractivity contribution in [2.75, 3.05) is 6.61 Å². The van der Waals surface area contributed by atoms with Gasteiger partial charge in [0.2, 0.25) is 0 Å². The average Bonchev–Trinajstić information content (AvgIpc) is 2.38. The fourth-order valence-corrected chi connectivity index (χ4v) is 0.681. The molecular weight excluding hydrogens is 130 g/mol. The molecule has 0 radical (unpaired) electrons. The Morgan fingerprint density at radius 2 is 2.50 bits per heavy atom. The lowest BCUT2D eigenvalue weighted by Gasteiger charge is -2.17. The maximum atomic E-state index is 8.78. The van der Waals surface area contributed by atoms with Gasteiger partial charge in [-0.25, -0.2) is 0 Å². The molecule has 1 aromatic heterocycles. The van der Waals surface area contributed by atoms with Crippen LogP contribution in [0.15, 0.2) is 22.8 Å². The molecule has 1 atom stereocenters. The van der Waals surface area contributed by atoms with Crippen LogP contribution in [0.2, 0.25) is 0 Å². The van der Waals surface area contributed by atoms with Gasteiger partial charge in [0.25, 0.3) is 0 Å². The van der Waals surface area contributed by atoms with Crippen molar-refractivity contribution >= 4 is 0 Å². The zero-order valence-corrected chi connectivity index (χ0v) is 5.87. The van der Waals surface area contributed by atoms with E-state index in [0.717, 1.165) is 0 Å². The molecule has 56 valence electrons. The van der Waals surface area contributed by atoms with E-state index in [1.54, 1.807) is 19.1 Å². The lowest BCUT2D eigenvalue weighted by molar-refractivity contribution is 0.188. The lowest BCUT2D eigenvalue weighted by Crippen LogP contribution is -2.36. The molecule has 0 aliphatic carbocycles. The molecule has 0 spiro atoms. The highest BCUT2D eigenvalue weighted by Gasteiger charge is 2.22. The summed E-state index contributed by atoms with van der Waals surface area (Å²) in [7, 11) is 0. The van der Waals surface area contributed by atoms with Crippen molar-refractivity contribution in [1.82, 2.24) is 0 Å². The SMILES string of the molecule is CC(N)(CO)c1ccco1. The highest BCUT2D eigenvalue weighted by atomic mass is 16.3. The highest BCUT2D eigenvalue weighted by Crippen LogP contribution is 2.16. The minimum atomic E-state index is -0.747. The Morgan fingerprint density at radius 1 is 1.80 bits per heavy atom. The first kappa shape index (κ1) is 7.31. The predicted octanol–water partition coefficient (Wildman–Crippen LogP) is 0.446. The molecule has 3 N–H and O–H groups in total. The molecule has 3 heteroatoms. The first-order valence-electron chi connectivity index (χ1n) is 3.10. The molecule has 1 unspecified atom stereocenters. The lowest BCUT2D eigenvalue weighted by atomic mass is 10.0. The van der Waals surface area contributed by atoms with Crippen LogP contribution < -0.4 is 5.73 Å². The van der Waals surface area contributed by atoms with Gasteiger partial charge in [0.1, 0.15) is 5.76 Å². The van der Waals surface area contributed by atoms with Crippen LogP contribution in [-0.4, -0.2) is 11.7 Å². The number of nitrogens with two attached hydrogens (primary N) is 1. The van der Waals surface area contributed by atoms with E-state index in [9.17, 15) is 0 Å². The Bertz CT molecular complexity index is 191. The van der Waals surface area contributed by atoms with Crippen molar-refractivity contribution in [2.24, 2.45) is 5.73 Å². The van der Waals surface area contributed by atoms with Crippen molar-refractivity contribution in [2.45, 2.75) is 12.5 Å². The van der Waals surface area contributed by atoms with Crippen molar-refractivity contribution in [3.8, 4) is 0 Å². The van der Waals surface area contributed by atoms with Crippen molar-refractivity contribution in [3.63, 3.8) is 0 Å². The molecule has 10 heavy (non-hydrogen) atoms. The van der Waals surface area contributed by atoms with Gasteiger partial charge in [-0.1, -0.05) is 0 Å². The largest absolute Gasteiger partial charge is 0.467 e. The van der Waals surface area contributed by atoms with E-state index in [2.05, 4.69) is 0 Å². The van der Waals surface area contributed by atoms with Crippen LogP contribution in [0.5, 0.6) is 0 Å². The molecule has 0 saturated heterocycles. The van der Waals surface area contributed by atoms with Gasteiger partial charge in [0.05, 0.1) is 18.4 Å². The first-order valence-corrected chi connectivity index (χ1v) is 3.10. The number of hydrogen-bond acceptors (Lipinski definition) is 3. The van der Waals surface area contributed by atoms with Gasteiger partial charge < -0.3 is 15.3 Å². The zero-order valence-electron chi connectivity index (χ0n) is 5.87. The van der Waals surface area contributed by atoms with E-state index in [1.165, 1.54) is 6.26 Å². The standard InChI is InChI=1S/C7H11NO2/c1-7(8,5-9)6-3-2-4-10-6/h2-4,9H,5,8H2,1H3. The molecule has 0 bridgehead atoms. The van der Waals surface area contributed by atoms with Crippen LogP contribution >= 0.6 is 0 Å². The van der Waals surface area contributed by atoms with Crippen molar-refractivity contribution in [3.05, 3.63) is 24.2 Å². The van der Waals surface area contributed by atoms with Crippen LogP contribution in [0.3, 0.4) is 0 Å². The third-order valence-electron chi connectivity index (χ3n) is 1.41. The number of aliphatic hydroxyl groups excluding tert-OH is 1. The minimum Gasteiger partial charge on any atom is -0.467 e.